The Balaban J connectivity index is 0.00000144. The molecule has 17 heavy (non-hydrogen) atoms. The minimum atomic E-state index is 0. The summed E-state index contributed by atoms with van der Waals surface area (Å²) in [6.07, 6.45) is 3.92. The number of rotatable bonds is 3. The third-order valence-corrected chi connectivity index (χ3v) is 4.88. The van der Waals surface area contributed by atoms with Crippen LogP contribution in [0.4, 0.5) is 0 Å². The van der Waals surface area contributed by atoms with Gasteiger partial charge in [-0.15, -0.1) is 23.7 Å². The largest absolute Gasteiger partial charge is 0.317 e. The second-order valence-corrected chi connectivity index (χ2v) is 6.39. The highest BCUT2D eigenvalue weighted by atomic mass is 79.9. The Morgan fingerprint density at radius 1 is 1.47 bits per heavy atom. The highest BCUT2D eigenvalue weighted by Gasteiger charge is 2.17. The molecule has 0 spiro atoms. The van der Waals surface area contributed by atoms with Crippen LogP contribution in [0.3, 0.4) is 0 Å². The summed E-state index contributed by atoms with van der Waals surface area (Å²) in [5.74, 6) is 0. The van der Waals surface area contributed by atoms with Crippen molar-refractivity contribution in [3.05, 3.63) is 20.8 Å². The van der Waals surface area contributed by atoms with Crippen molar-refractivity contribution in [1.82, 2.24) is 10.2 Å². The molecule has 1 N–H and O–H groups in total. The van der Waals surface area contributed by atoms with Crippen molar-refractivity contribution in [2.24, 2.45) is 0 Å². The Hall–Kier alpha value is 0.390. The molecule has 1 aromatic rings. The van der Waals surface area contributed by atoms with E-state index in [1.165, 1.54) is 41.7 Å². The third-order valence-electron chi connectivity index (χ3n) is 3.20. The summed E-state index contributed by atoms with van der Waals surface area (Å²) in [5.41, 5.74) is 0. The summed E-state index contributed by atoms with van der Waals surface area (Å²) in [4.78, 5) is 3.96. The average molecular weight is 340 g/mol. The van der Waals surface area contributed by atoms with Crippen LogP contribution in [0.5, 0.6) is 0 Å². The van der Waals surface area contributed by atoms with Gasteiger partial charge in [0.1, 0.15) is 0 Å². The van der Waals surface area contributed by atoms with Crippen molar-refractivity contribution in [3.63, 3.8) is 0 Å². The zero-order valence-electron chi connectivity index (χ0n) is 10.1. The van der Waals surface area contributed by atoms with Crippen LogP contribution in [0.25, 0.3) is 0 Å². The second-order valence-electron chi connectivity index (χ2n) is 4.48. The number of thiophene rings is 1. The quantitative estimate of drug-likeness (QED) is 0.906. The molecule has 2 heterocycles. The van der Waals surface area contributed by atoms with E-state index in [4.69, 9.17) is 0 Å². The van der Waals surface area contributed by atoms with Gasteiger partial charge in [-0.1, -0.05) is 0 Å². The van der Waals surface area contributed by atoms with Crippen molar-refractivity contribution < 1.29 is 0 Å². The van der Waals surface area contributed by atoms with E-state index in [9.17, 15) is 0 Å². The molecule has 0 aliphatic carbocycles. The van der Waals surface area contributed by atoms with Gasteiger partial charge < -0.3 is 5.32 Å². The fourth-order valence-corrected chi connectivity index (χ4v) is 3.77. The first kappa shape index (κ1) is 15.4. The molecule has 1 aliphatic heterocycles. The molecule has 0 amide bonds. The third kappa shape index (κ3) is 4.87. The lowest BCUT2D eigenvalue weighted by atomic mass is 10.1. The van der Waals surface area contributed by atoms with Gasteiger partial charge in [-0.2, -0.15) is 0 Å². The number of halogens is 2. The highest BCUT2D eigenvalue weighted by molar-refractivity contribution is 9.10. The summed E-state index contributed by atoms with van der Waals surface area (Å²) in [7, 11) is 2.25. The maximum atomic E-state index is 3.51. The Labute approximate surface area is 122 Å². The molecule has 1 saturated heterocycles. The van der Waals surface area contributed by atoms with Gasteiger partial charge in [0.05, 0.1) is 0 Å². The first-order chi connectivity index (χ1) is 7.75. The first-order valence-electron chi connectivity index (χ1n) is 5.89. The van der Waals surface area contributed by atoms with Gasteiger partial charge in [0.15, 0.2) is 0 Å². The van der Waals surface area contributed by atoms with Gasteiger partial charge in [0, 0.05) is 27.3 Å². The summed E-state index contributed by atoms with van der Waals surface area (Å²) < 4.78 is 1.21. The molecule has 1 aliphatic rings. The molecule has 1 aromatic heterocycles. The standard InChI is InChI=1S/C12H19BrN2S.ClH/c1-15(8-12-7-10(13)9-16-12)11-3-2-5-14-6-4-11;/h7,9,11,14H,2-6,8H2,1H3;1H. The number of nitrogens with one attached hydrogen (secondary N) is 1. The van der Waals surface area contributed by atoms with Crippen molar-refractivity contribution in [2.75, 3.05) is 20.1 Å². The van der Waals surface area contributed by atoms with Crippen LogP contribution < -0.4 is 5.32 Å². The second kappa shape index (κ2) is 7.74. The molecule has 1 atom stereocenters. The van der Waals surface area contributed by atoms with Gasteiger partial charge in [-0.05, 0) is 61.4 Å². The van der Waals surface area contributed by atoms with E-state index < -0.39 is 0 Å². The van der Waals surface area contributed by atoms with Crippen LogP contribution in [0, 0.1) is 0 Å². The van der Waals surface area contributed by atoms with Crippen LogP contribution >= 0.6 is 39.7 Å². The lowest BCUT2D eigenvalue weighted by Gasteiger charge is -2.26. The van der Waals surface area contributed by atoms with Gasteiger partial charge >= 0.3 is 0 Å². The van der Waals surface area contributed by atoms with Crippen LogP contribution in [-0.4, -0.2) is 31.1 Å². The Morgan fingerprint density at radius 3 is 3.00 bits per heavy atom. The van der Waals surface area contributed by atoms with Crippen molar-refractivity contribution in [2.45, 2.75) is 31.8 Å². The smallest absolute Gasteiger partial charge is 0.0328 e. The monoisotopic (exact) mass is 338 g/mol. The van der Waals surface area contributed by atoms with E-state index in [-0.39, 0.29) is 12.4 Å². The molecule has 0 aromatic carbocycles. The summed E-state index contributed by atoms with van der Waals surface area (Å²) >= 11 is 5.36. The van der Waals surface area contributed by atoms with Crippen LogP contribution in [0.15, 0.2) is 15.9 Å². The van der Waals surface area contributed by atoms with Crippen molar-refractivity contribution in [1.29, 1.82) is 0 Å². The van der Waals surface area contributed by atoms with E-state index in [0.717, 1.165) is 12.6 Å². The van der Waals surface area contributed by atoms with E-state index in [1.807, 2.05) is 11.3 Å². The molecular weight excluding hydrogens is 320 g/mol. The van der Waals surface area contributed by atoms with Gasteiger partial charge in [-0.3, -0.25) is 4.90 Å². The fraction of sp³-hybridized carbons (Fsp3) is 0.667. The maximum absolute atomic E-state index is 3.51. The molecule has 5 heteroatoms. The molecule has 98 valence electrons. The SMILES string of the molecule is CN(Cc1cc(Br)cs1)C1CCCNCC1.Cl. The van der Waals surface area contributed by atoms with Gasteiger partial charge in [0.25, 0.3) is 0 Å². The highest BCUT2D eigenvalue weighted by Crippen LogP contribution is 2.22. The van der Waals surface area contributed by atoms with Crippen molar-refractivity contribution >= 4 is 39.7 Å². The first-order valence-corrected chi connectivity index (χ1v) is 7.57. The predicted octanol–water partition coefficient (Wildman–Crippen LogP) is 3.51. The van der Waals surface area contributed by atoms with E-state index in [2.05, 4.69) is 44.6 Å². The zero-order valence-corrected chi connectivity index (χ0v) is 13.3. The average Bonchev–Trinajstić information content (AvgIpc) is 2.56. The number of hydrogen-bond acceptors (Lipinski definition) is 3. The molecule has 0 saturated carbocycles. The lowest BCUT2D eigenvalue weighted by Crippen LogP contribution is -2.31. The summed E-state index contributed by atoms with van der Waals surface area (Å²) in [6, 6.07) is 2.98. The minimum absolute atomic E-state index is 0. The predicted molar refractivity (Wildman–Crippen MR) is 81.2 cm³/mol. The Morgan fingerprint density at radius 2 is 2.29 bits per heavy atom. The molecule has 0 bridgehead atoms. The van der Waals surface area contributed by atoms with E-state index in [1.54, 1.807) is 0 Å². The molecule has 2 rings (SSSR count). The number of nitrogens with zero attached hydrogens (tertiary/aromatic N) is 1. The lowest BCUT2D eigenvalue weighted by molar-refractivity contribution is 0.218. The fourth-order valence-electron chi connectivity index (χ4n) is 2.25. The number of hydrogen-bond donors (Lipinski definition) is 1. The van der Waals surface area contributed by atoms with Gasteiger partial charge in [0.2, 0.25) is 0 Å². The normalized spacial score (nSPS) is 21.0. The van der Waals surface area contributed by atoms with Crippen LogP contribution in [0.1, 0.15) is 24.1 Å². The Kier molecular flexibility index (Phi) is 7.04. The molecule has 0 radical (unpaired) electrons. The zero-order chi connectivity index (χ0) is 11.4. The van der Waals surface area contributed by atoms with E-state index >= 15 is 0 Å². The topological polar surface area (TPSA) is 15.3 Å². The van der Waals surface area contributed by atoms with Crippen molar-refractivity contribution in [3.8, 4) is 0 Å². The molecule has 1 fully saturated rings. The van der Waals surface area contributed by atoms with E-state index in [0.29, 0.717) is 0 Å². The van der Waals surface area contributed by atoms with Crippen LogP contribution in [-0.2, 0) is 6.54 Å². The summed E-state index contributed by atoms with van der Waals surface area (Å²) in [6.45, 7) is 3.44. The maximum Gasteiger partial charge on any atom is 0.0328 e. The molecular formula is C12H20BrClN2S. The van der Waals surface area contributed by atoms with Crippen LogP contribution in [0.2, 0.25) is 0 Å². The Bertz CT molecular complexity index is 324. The molecule has 1 unspecified atom stereocenters. The summed E-state index contributed by atoms with van der Waals surface area (Å²) in [5, 5.41) is 5.63. The minimum Gasteiger partial charge on any atom is -0.317 e. The van der Waals surface area contributed by atoms with Gasteiger partial charge in [-0.25, -0.2) is 0 Å². The molecule has 2 nitrogen and oxygen atoms in total.